The molecule has 0 unspecified atom stereocenters. The molecule has 0 bridgehead atoms. The summed E-state index contributed by atoms with van der Waals surface area (Å²) in [6.45, 7) is -1.20. The topological polar surface area (TPSA) is 55.2 Å². The first-order chi connectivity index (χ1) is 7.79. The highest BCUT2D eigenvalue weighted by Crippen LogP contribution is 2.25. The first kappa shape index (κ1) is 13.9. The summed E-state index contributed by atoms with van der Waals surface area (Å²) in [6, 6.07) is 4.18. The summed E-state index contributed by atoms with van der Waals surface area (Å²) in [5, 5.41) is 12.7. The second-order valence-corrected chi connectivity index (χ2v) is 4.12. The summed E-state index contributed by atoms with van der Waals surface area (Å²) in [5.41, 5.74) is 0.250. The molecule has 4 nitrogen and oxygen atoms in total. The van der Waals surface area contributed by atoms with Crippen LogP contribution in [-0.2, 0) is 6.54 Å². The number of nitrogens with zero attached hydrogens (tertiary/aromatic N) is 1. The average Bonchev–Trinajstić information content (AvgIpc) is 2.18. The van der Waals surface area contributed by atoms with Crippen molar-refractivity contribution in [2.24, 2.45) is 0 Å². The van der Waals surface area contributed by atoms with Crippen molar-refractivity contribution in [1.29, 1.82) is 0 Å². The van der Waals surface area contributed by atoms with Gasteiger partial charge in [-0.2, -0.15) is 13.2 Å². The van der Waals surface area contributed by atoms with Crippen LogP contribution >= 0.6 is 15.9 Å². The van der Waals surface area contributed by atoms with E-state index in [0.29, 0.717) is 10.0 Å². The maximum absolute atomic E-state index is 11.9. The summed E-state index contributed by atoms with van der Waals surface area (Å²) in [6.07, 6.45) is -4.29. The zero-order chi connectivity index (χ0) is 13.1. The minimum atomic E-state index is -4.29. The largest absolute Gasteiger partial charge is 0.401 e. The van der Waals surface area contributed by atoms with Crippen molar-refractivity contribution >= 4 is 21.6 Å². The van der Waals surface area contributed by atoms with Gasteiger partial charge in [-0.25, -0.2) is 0 Å². The van der Waals surface area contributed by atoms with Gasteiger partial charge < -0.3 is 5.32 Å². The van der Waals surface area contributed by atoms with Crippen LogP contribution in [0, 0.1) is 10.1 Å². The fourth-order valence-corrected chi connectivity index (χ4v) is 1.55. The van der Waals surface area contributed by atoms with Crippen LogP contribution in [0.4, 0.5) is 18.9 Å². The molecule has 0 aliphatic carbocycles. The molecule has 17 heavy (non-hydrogen) atoms. The van der Waals surface area contributed by atoms with Gasteiger partial charge in [-0.15, -0.1) is 0 Å². The van der Waals surface area contributed by atoms with Crippen LogP contribution in [0.1, 0.15) is 5.56 Å². The smallest absolute Gasteiger partial charge is 0.305 e. The Balaban J connectivity index is 2.67. The number of nitro groups is 1. The van der Waals surface area contributed by atoms with Crippen LogP contribution in [0.5, 0.6) is 0 Å². The van der Waals surface area contributed by atoms with E-state index in [9.17, 15) is 23.3 Å². The lowest BCUT2D eigenvalue weighted by molar-refractivity contribution is -0.385. The highest BCUT2D eigenvalue weighted by atomic mass is 79.9. The van der Waals surface area contributed by atoms with Gasteiger partial charge >= 0.3 is 6.18 Å². The van der Waals surface area contributed by atoms with Gasteiger partial charge in [0.25, 0.3) is 5.69 Å². The lowest BCUT2D eigenvalue weighted by atomic mass is 10.2. The summed E-state index contributed by atoms with van der Waals surface area (Å²) < 4.78 is 35.8. The summed E-state index contributed by atoms with van der Waals surface area (Å²) in [7, 11) is 0. The fourth-order valence-electron chi connectivity index (χ4n) is 1.16. The van der Waals surface area contributed by atoms with Gasteiger partial charge in [0.05, 0.1) is 15.9 Å². The standard InChI is InChI=1S/C9H8BrF3N2O2/c10-7-2-1-6(3-8(7)15(16)17)4-14-5-9(11,12)13/h1-3,14H,4-5H2. The van der Waals surface area contributed by atoms with Crippen LogP contribution in [-0.4, -0.2) is 17.6 Å². The Labute approximate surface area is 103 Å². The van der Waals surface area contributed by atoms with Crippen LogP contribution in [0.25, 0.3) is 0 Å². The van der Waals surface area contributed by atoms with Gasteiger partial charge in [0.15, 0.2) is 0 Å². The van der Waals surface area contributed by atoms with E-state index >= 15 is 0 Å². The van der Waals surface area contributed by atoms with E-state index in [4.69, 9.17) is 0 Å². The van der Waals surface area contributed by atoms with E-state index in [0.717, 1.165) is 0 Å². The highest BCUT2D eigenvalue weighted by Gasteiger charge is 2.26. The van der Waals surface area contributed by atoms with Gasteiger partial charge in [-0.3, -0.25) is 10.1 Å². The molecule has 0 saturated heterocycles. The van der Waals surface area contributed by atoms with Gasteiger partial charge in [0.1, 0.15) is 0 Å². The highest BCUT2D eigenvalue weighted by molar-refractivity contribution is 9.10. The molecule has 1 rings (SSSR count). The molecule has 0 atom stereocenters. The van der Waals surface area contributed by atoms with Crippen molar-refractivity contribution in [2.75, 3.05) is 6.54 Å². The molecular formula is C9H8BrF3N2O2. The third-order valence-electron chi connectivity index (χ3n) is 1.86. The normalized spacial score (nSPS) is 11.5. The van der Waals surface area contributed by atoms with Crippen LogP contribution < -0.4 is 5.32 Å². The molecular weight excluding hydrogens is 305 g/mol. The molecule has 0 heterocycles. The van der Waals surface area contributed by atoms with E-state index in [2.05, 4.69) is 21.2 Å². The Morgan fingerprint density at radius 2 is 2.06 bits per heavy atom. The summed E-state index contributed by atoms with van der Waals surface area (Å²) in [5.74, 6) is 0. The summed E-state index contributed by atoms with van der Waals surface area (Å²) >= 11 is 2.99. The molecule has 0 aromatic heterocycles. The fraction of sp³-hybridized carbons (Fsp3) is 0.333. The van der Waals surface area contributed by atoms with E-state index in [-0.39, 0.29) is 12.2 Å². The van der Waals surface area contributed by atoms with Gasteiger partial charge in [0.2, 0.25) is 0 Å². The van der Waals surface area contributed by atoms with E-state index in [1.165, 1.54) is 18.2 Å². The van der Waals surface area contributed by atoms with E-state index in [1.54, 1.807) is 0 Å². The average molecular weight is 313 g/mol. The second-order valence-electron chi connectivity index (χ2n) is 3.26. The van der Waals surface area contributed by atoms with Crippen molar-refractivity contribution in [1.82, 2.24) is 5.32 Å². The monoisotopic (exact) mass is 312 g/mol. The van der Waals surface area contributed by atoms with Crippen molar-refractivity contribution < 1.29 is 18.1 Å². The number of benzene rings is 1. The number of alkyl halides is 3. The Hall–Kier alpha value is -1.15. The SMILES string of the molecule is O=[N+]([O-])c1cc(CNCC(F)(F)F)ccc1Br. The minimum Gasteiger partial charge on any atom is -0.305 e. The molecule has 0 saturated carbocycles. The number of hydrogen-bond acceptors (Lipinski definition) is 3. The van der Waals surface area contributed by atoms with Crippen molar-refractivity contribution in [3.63, 3.8) is 0 Å². The van der Waals surface area contributed by atoms with Crippen molar-refractivity contribution in [3.05, 3.63) is 38.3 Å². The van der Waals surface area contributed by atoms with Crippen LogP contribution in [0.3, 0.4) is 0 Å². The lowest BCUT2D eigenvalue weighted by Gasteiger charge is -2.08. The maximum atomic E-state index is 11.9. The Morgan fingerprint density at radius 1 is 1.41 bits per heavy atom. The first-order valence-corrected chi connectivity index (χ1v) is 5.29. The van der Waals surface area contributed by atoms with Crippen LogP contribution in [0.15, 0.2) is 22.7 Å². The summed E-state index contributed by atoms with van der Waals surface area (Å²) in [4.78, 5) is 9.98. The molecule has 0 aliphatic heterocycles. The molecule has 0 aliphatic rings. The third-order valence-corrected chi connectivity index (χ3v) is 2.53. The number of rotatable bonds is 4. The van der Waals surface area contributed by atoms with Crippen molar-refractivity contribution in [2.45, 2.75) is 12.7 Å². The van der Waals surface area contributed by atoms with Crippen LogP contribution in [0.2, 0.25) is 0 Å². The van der Waals surface area contributed by atoms with E-state index < -0.39 is 17.6 Å². The van der Waals surface area contributed by atoms with Crippen molar-refractivity contribution in [3.8, 4) is 0 Å². The van der Waals surface area contributed by atoms with E-state index in [1.807, 2.05) is 0 Å². The zero-order valence-corrected chi connectivity index (χ0v) is 10.0. The molecule has 94 valence electrons. The number of nitrogens with one attached hydrogen (secondary N) is 1. The zero-order valence-electron chi connectivity index (χ0n) is 8.42. The first-order valence-electron chi connectivity index (χ1n) is 4.50. The van der Waals surface area contributed by atoms with Gasteiger partial charge in [-0.1, -0.05) is 6.07 Å². The molecule has 0 spiro atoms. The lowest BCUT2D eigenvalue weighted by Crippen LogP contribution is -2.28. The molecule has 1 aromatic rings. The number of halogens is 4. The second kappa shape index (κ2) is 5.46. The van der Waals surface area contributed by atoms with Gasteiger partial charge in [-0.05, 0) is 27.6 Å². The molecule has 1 aromatic carbocycles. The Bertz CT molecular complexity index is 423. The number of nitro benzene ring substituents is 1. The predicted octanol–water partition coefficient (Wildman–Crippen LogP) is 3.01. The Morgan fingerprint density at radius 3 is 2.59 bits per heavy atom. The molecule has 8 heteroatoms. The number of hydrogen-bond donors (Lipinski definition) is 1. The minimum absolute atomic E-state index is 0.0758. The maximum Gasteiger partial charge on any atom is 0.401 e. The third kappa shape index (κ3) is 4.70. The quantitative estimate of drug-likeness (QED) is 0.687. The molecule has 0 fully saturated rings. The Kier molecular flexibility index (Phi) is 4.47. The predicted molar refractivity (Wildman–Crippen MR) is 58.6 cm³/mol. The van der Waals surface area contributed by atoms with Gasteiger partial charge in [0, 0.05) is 12.6 Å². The molecule has 1 N–H and O–H groups in total. The molecule has 0 amide bonds. The molecule has 0 radical (unpaired) electrons.